The summed E-state index contributed by atoms with van der Waals surface area (Å²) in [5, 5.41) is 16.3. The zero-order valence-corrected chi connectivity index (χ0v) is 15.4. The van der Waals surface area contributed by atoms with E-state index < -0.39 is 11.4 Å². The molecule has 1 aromatic carbocycles. The summed E-state index contributed by atoms with van der Waals surface area (Å²) in [5.41, 5.74) is 3.87. The van der Waals surface area contributed by atoms with Crippen LogP contribution in [0.25, 0.3) is 22.4 Å². The van der Waals surface area contributed by atoms with Crippen LogP contribution in [0.5, 0.6) is 5.75 Å². The fourth-order valence-electron chi connectivity index (χ4n) is 4.54. The van der Waals surface area contributed by atoms with Crippen molar-refractivity contribution in [3.63, 3.8) is 0 Å². The molecule has 1 spiro atoms. The fraction of sp³-hybridized carbons (Fsp3) is 0.286. The molecule has 2 N–H and O–H groups in total. The molecule has 1 aliphatic carbocycles. The minimum Gasteiger partial charge on any atom is -0.496 e. The number of nitrogens with zero attached hydrogens (tertiary/aromatic N) is 2. The minimum atomic E-state index is -1.19. The van der Waals surface area contributed by atoms with E-state index >= 15 is 0 Å². The van der Waals surface area contributed by atoms with E-state index in [2.05, 4.69) is 16.3 Å². The van der Waals surface area contributed by atoms with Gasteiger partial charge in [0.05, 0.1) is 19.0 Å². The number of aromatic amines is 1. The summed E-state index contributed by atoms with van der Waals surface area (Å²) in [6.45, 7) is 0. The molecular weight excluding hydrogens is 358 g/mol. The van der Waals surface area contributed by atoms with Crippen molar-refractivity contribution in [2.75, 3.05) is 7.11 Å². The molecule has 142 valence electrons. The van der Waals surface area contributed by atoms with Gasteiger partial charge in [-0.15, -0.1) is 0 Å². The van der Waals surface area contributed by atoms with Gasteiger partial charge in [0.25, 0.3) is 0 Å². The number of methoxy groups -OCH3 is 1. The van der Waals surface area contributed by atoms with Crippen molar-refractivity contribution < 1.29 is 14.6 Å². The first-order chi connectivity index (χ1) is 13.5. The number of rotatable bonds is 3. The van der Waals surface area contributed by atoms with Crippen molar-refractivity contribution in [2.24, 2.45) is 0 Å². The van der Waals surface area contributed by atoms with Crippen molar-refractivity contribution in [3.8, 4) is 28.1 Å². The first-order valence-corrected chi connectivity index (χ1v) is 9.23. The summed E-state index contributed by atoms with van der Waals surface area (Å²) < 4.78 is 7.63. The largest absolute Gasteiger partial charge is 0.496 e. The third kappa shape index (κ3) is 2.25. The number of pyridine rings is 1. The maximum atomic E-state index is 12.4. The van der Waals surface area contributed by atoms with Crippen molar-refractivity contribution in [1.82, 2.24) is 14.8 Å². The van der Waals surface area contributed by atoms with Gasteiger partial charge in [-0.3, -0.25) is 9.89 Å². The molecule has 7 heteroatoms. The Morgan fingerprint density at radius 2 is 2.11 bits per heavy atom. The van der Waals surface area contributed by atoms with Crippen LogP contribution in [0.1, 0.15) is 35.2 Å². The maximum Gasteiger partial charge on any atom is 0.341 e. The molecule has 2 aliphatic rings. The number of carbonyl (C=O) groups is 1. The first kappa shape index (κ1) is 16.8. The SMILES string of the molecule is COc1cc2c(cc1-c1cn[nH]c1)CC1(CCC1)n1cc(C(=O)O)c(=O)cc1-2. The summed E-state index contributed by atoms with van der Waals surface area (Å²) in [6.07, 6.45) is 8.93. The molecule has 28 heavy (non-hydrogen) atoms. The van der Waals surface area contributed by atoms with Crippen LogP contribution in [0.4, 0.5) is 0 Å². The molecule has 5 rings (SSSR count). The van der Waals surface area contributed by atoms with Crippen LogP contribution in [0.15, 0.2) is 41.6 Å². The number of carboxylic acids is 1. The van der Waals surface area contributed by atoms with Gasteiger partial charge in [0.2, 0.25) is 0 Å². The van der Waals surface area contributed by atoms with Crippen LogP contribution in [-0.2, 0) is 12.0 Å². The Bertz CT molecular complexity index is 1160. The number of aromatic carboxylic acids is 1. The number of fused-ring (bicyclic) bond motifs is 4. The van der Waals surface area contributed by atoms with E-state index in [1.165, 1.54) is 12.3 Å². The zero-order chi connectivity index (χ0) is 19.5. The van der Waals surface area contributed by atoms with Crippen LogP contribution in [0, 0.1) is 0 Å². The van der Waals surface area contributed by atoms with Crippen LogP contribution < -0.4 is 10.2 Å². The number of benzene rings is 1. The van der Waals surface area contributed by atoms with E-state index in [0.717, 1.165) is 53.6 Å². The summed E-state index contributed by atoms with van der Waals surface area (Å²) in [6, 6.07) is 5.51. The van der Waals surface area contributed by atoms with Gasteiger partial charge < -0.3 is 14.4 Å². The Kier molecular flexibility index (Phi) is 3.49. The Labute approximate surface area is 160 Å². The van der Waals surface area contributed by atoms with Crippen LogP contribution in [0.2, 0.25) is 0 Å². The lowest BCUT2D eigenvalue weighted by molar-refractivity contribution is 0.0691. The average molecular weight is 377 g/mol. The molecule has 7 nitrogen and oxygen atoms in total. The highest BCUT2D eigenvalue weighted by Gasteiger charge is 2.43. The van der Waals surface area contributed by atoms with Gasteiger partial charge in [-0.25, -0.2) is 4.79 Å². The molecule has 2 aromatic heterocycles. The third-order valence-corrected chi connectivity index (χ3v) is 6.11. The number of hydrogen-bond acceptors (Lipinski definition) is 4. The molecule has 0 bridgehead atoms. The number of aromatic nitrogens is 3. The second-order valence-electron chi connectivity index (χ2n) is 7.56. The maximum absolute atomic E-state index is 12.4. The van der Waals surface area contributed by atoms with E-state index in [9.17, 15) is 14.7 Å². The van der Waals surface area contributed by atoms with E-state index in [1.807, 2.05) is 16.8 Å². The van der Waals surface area contributed by atoms with Crippen molar-refractivity contribution in [1.29, 1.82) is 0 Å². The lowest BCUT2D eigenvalue weighted by Gasteiger charge is -2.48. The Morgan fingerprint density at radius 3 is 2.71 bits per heavy atom. The normalized spacial score (nSPS) is 16.2. The number of hydrogen-bond donors (Lipinski definition) is 2. The molecule has 0 radical (unpaired) electrons. The molecule has 0 unspecified atom stereocenters. The quantitative estimate of drug-likeness (QED) is 0.731. The Morgan fingerprint density at radius 1 is 1.29 bits per heavy atom. The fourth-order valence-corrected chi connectivity index (χ4v) is 4.54. The van der Waals surface area contributed by atoms with Gasteiger partial charge in [-0.2, -0.15) is 5.10 Å². The van der Waals surface area contributed by atoms with Gasteiger partial charge in [0.1, 0.15) is 11.3 Å². The number of H-pyrrole nitrogens is 1. The van der Waals surface area contributed by atoms with Crippen molar-refractivity contribution >= 4 is 5.97 Å². The van der Waals surface area contributed by atoms with E-state index in [1.54, 1.807) is 13.3 Å². The van der Waals surface area contributed by atoms with Crippen molar-refractivity contribution in [2.45, 2.75) is 31.2 Å². The molecular formula is C21H19N3O4. The lowest BCUT2D eigenvalue weighted by atomic mass is 9.69. The highest BCUT2D eigenvalue weighted by atomic mass is 16.5. The van der Waals surface area contributed by atoms with Crippen molar-refractivity contribution in [3.05, 3.63) is 58.1 Å². The van der Waals surface area contributed by atoms with Gasteiger partial charge in [0, 0.05) is 40.7 Å². The molecule has 1 saturated carbocycles. The minimum absolute atomic E-state index is 0.164. The number of ether oxygens (including phenoxy) is 1. The van der Waals surface area contributed by atoms with Crippen LogP contribution >= 0.6 is 0 Å². The average Bonchev–Trinajstić information content (AvgIpc) is 3.18. The summed E-state index contributed by atoms with van der Waals surface area (Å²) in [7, 11) is 1.61. The molecule has 0 amide bonds. The summed E-state index contributed by atoms with van der Waals surface area (Å²) in [4.78, 5) is 23.9. The van der Waals surface area contributed by atoms with Gasteiger partial charge in [-0.05, 0) is 43.4 Å². The Hall–Kier alpha value is -3.35. The smallest absolute Gasteiger partial charge is 0.341 e. The highest BCUT2D eigenvalue weighted by molar-refractivity contribution is 5.88. The zero-order valence-electron chi connectivity index (χ0n) is 15.4. The molecule has 3 heterocycles. The van der Waals surface area contributed by atoms with Gasteiger partial charge in [0.15, 0.2) is 5.43 Å². The van der Waals surface area contributed by atoms with E-state index in [4.69, 9.17) is 4.74 Å². The Balaban J connectivity index is 1.78. The number of nitrogens with one attached hydrogen (secondary N) is 1. The predicted molar refractivity (Wildman–Crippen MR) is 103 cm³/mol. The first-order valence-electron chi connectivity index (χ1n) is 9.23. The monoisotopic (exact) mass is 377 g/mol. The summed E-state index contributed by atoms with van der Waals surface area (Å²) >= 11 is 0. The number of carboxylic acid groups (broad SMARTS) is 1. The molecule has 3 aromatic rings. The van der Waals surface area contributed by atoms with E-state index in [-0.39, 0.29) is 11.1 Å². The van der Waals surface area contributed by atoms with Crippen LogP contribution in [-0.4, -0.2) is 33.0 Å². The molecule has 0 saturated heterocycles. The third-order valence-electron chi connectivity index (χ3n) is 6.11. The van der Waals surface area contributed by atoms with Gasteiger partial charge in [-0.1, -0.05) is 0 Å². The standard InChI is InChI=1S/C21H19N3O4/c1-28-19-6-14-12(5-15(19)13-9-22-23-10-13)8-21(3-2-4-21)24-11-16(20(26)27)18(25)7-17(14)24/h5-7,9-11H,2-4,8H2,1H3,(H,22,23)(H,26,27). The highest BCUT2D eigenvalue weighted by Crippen LogP contribution is 2.50. The lowest BCUT2D eigenvalue weighted by Crippen LogP contribution is -2.46. The van der Waals surface area contributed by atoms with Gasteiger partial charge >= 0.3 is 5.97 Å². The summed E-state index contributed by atoms with van der Waals surface area (Å²) in [5.74, 6) is -0.500. The second-order valence-corrected chi connectivity index (χ2v) is 7.56. The second kappa shape index (κ2) is 5.82. The topological polar surface area (TPSA) is 97.2 Å². The molecule has 1 aliphatic heterocycles. The molecule has 0 atom stereocenters. The van der Waals surface area contributed by atoms with E-state index in [0.29, 0.717) is 5.75 Å². The predicted octanol–water partition coefficient (Wildman–Crippen LogP) is 3.05. The van der Waals surface area contributed by atoms with Crippen LogP contribution in [0.3, 0.4) is 0 Å². The molecule has 1 fully saturated rings.